The van der Waals surface area contributed by atoms with Gasteiger partial charge >= 0.3 is 5.69 Å². The van der Waals surface area contributed by atoms with Gasteiger partial charge in [0.1, 0.15) is 18.0 Å². The highest BCUT2D eigenvalue weighted by Gasteiger charge is 2.29. The summed E-state index contributed by atoms with van der Waals surface area (Å²) in [6.45, 7) is 2.35. The summed E-state index contributed by atoms with van der Waals surface area (Å²) in [5.41, 5.74) is 0.731. The highest BCUT2D eigenvalue weighted by atomic mass is 19.1. The van der Waals surface area contributed by atoms with Gasteiger partial charge in [0.15, 0.2) is 0 Å². The molecule has 148 valence electrons. The van der Waals surface area contributed by atoms with Crippen molar-refractivity contribution in [2.24, 2.45) is 0 Å². The molecule has 1 N–H and O–H groups in total. The number of benzene rings is 1. The quantitative estimate of drug-likeness (QED) is 0.520. The number of nitro groups is 1. The zero-order chi connectivity index (χ0) is 20.2. The molecule has 0 bridgehead atoms. The highest BCUT2D eigenvalue weighted by molar-refractivity contribution is 5.73. The largest absolute Gasteiger partial charge is 0.368 e. The number of aromatic nitrogens is 3. The maximum atomic E-state index is 13.1. The fourth-order valence-corrected chi connectivity index (χ4v) is 3.25. The number of nitrogens with zero attached hydrogens (tertiary/aromatic N) is 6. The van der Waals surface area contributed by atoms with Crippen molar-refractivity contribution in [2.45, 2.75) is 0 Å². The molecule has 0 saturated carbocycles. The second kappa shape index (κ2) is 8.05. The first-order valence-electron chi connectivity index (χ1n) is 9.05. The number of nitrogens with one attached hydrogen (secondary N) is 1. The molecule has 3 heterocycles. The van der Waals surface area contributed by atoms with Gasteiger partial charge in [-0.1, -0.05) is 6.07 Å². The number of hydrogen-bond donors (Lipinski definition) is 1. The molecule has 4 rings (SSSR count). The van der Waals surface area contributed by atoms with Crippen LogP contribution in [0.4, 0.5) is 33.2 Å². The second-order valence-corrected chi connectivity index (χ2v) is 6.44. The minimum Gasteiger partial charge on any atom is -0.368 e. The average Bonchev–Trinajstić information content (AvgIpc) is 2.75. The van der Waals surface area contributed by atoms with Gasteiger partial charge in [-0.15, -0.1) is 0 Å². The molecule has 0 atom stereocenters. The van der Waals surface area contributed by atoms with Crippen molar-refractivity contribution in [1.29, 1.82) is 0 Å². The van der Waals surface area contributed by atoms with Crippen molar-refractivity contribution < 1.29 is 9.31 Å². The standard InChI is InChI=1S/C19H18FN7O2/c20-14-4-6-15(7-5-14)25-9-11-26(12-10-25)19-17(27(28)29)18(22-13-23-19)24-16-3-1-2-8-21-16/h1-8,13H,9-12H2,(H,21,22,23,24). The van der Waals surface area contributed by atoms with Gasteiger partial charge in [-0.3, -0.25) is 10.1 Å². The van der Waals surface area contributed by atoms with E-state index in [9.17, 15) is 14.5 Å². The maximum Gasteiger partial charge on any atom is 0.353 e. The van der Waals surface area contributed by atoms with Crippen LogP contribution in [0.5, 0.6) is 0 Å². The normalized spacial score (nSPS) is 14.0. The van der Waals surface area contributed by atoms with Crippen molar-refractivity contribution in [3.8, 4) is 0 Å². The Kier molecular flexibility index (Phi) is 5.14. The van der Waals surface area contributed by atoms with Gasteiger partial charge in [0.25, 0.3) is 0 Å². The van der Waals surface area contributed by atoms with Crippen molar-refractivity contribution in [2.75, 3.05) is 41.3 Å². The average molecular weight is 395 g/mol. The lowest BCUT2D eigenvalue weighted by atomic mass is 10.2. The molecule has 1 fully saturated rings. The fraction of sp³-hybridized carbons (Fsp3) is 0.211. The van der Waals surface area contributed by atoms with Gasteiger partial charge in [0.05, 0.1) is 4.92 Å². The van der Waals surface area contributed by atoms with Gasteiger partial charge in [0, 0.05) is 38.1 Å². The first kappa shape index (κ1) is 18.5. The maximum absolute atomic E-state index is 13.1. The Morgan fingerprint density at radius 2 is 1.69 bits per heavy atom. The number of hydrogen-bond acceptors (Lipinski definition) is 8. The van der Waals surface area contributed by atoms with Crippen LogP contribution in [0.15, 0.2) is 55.0 Å². The summed E-state index contributed by atoms with van der Waals surface area (Å²) in [6, 6.07) is 11.5. The van der Waals surface area contributed by atoms with E-state index in [4.69, 9.17) is 0 Å². The lowest BCUT2D eigenvalue weighted by Gasteiger charge is -2.36. The molecule has 29 heavy (non-hydrogen) atoms. The van der Waals surface area contributed by atoms with E-state index >= 15 is 0 Å². The Bertz CT molecular complexity index is 993. The van der Waals surface area contributed by atoms with Crippen LogP contribution < -0.4 is 15.1 Å². The molecule has 1 saturated heterocycles. The molecule has 1 aliphatic heterocycles. The molecule has 0 radical (unpaired) electrons. The van der Waals surface area contributed by atoms with Crippen LogP contribution in [0.25, 0.3) is 0 Å². The van der Waals surface area contributed by atoms with Gasteiger partial charge in [-0.2, -0.15) is 0 Å². The number of rotatable bonds is 5. The summed E-state index contributed by atoms with van der Waals surface area (Å²) in [4.78, 5) is 27.6. The van der Waals surface area contributed by atoms with Crippen LogP contribution >= 0.6 is 0 Å². The molecule has 0 amide bonds. The first-order chi connectivity index (χ1) is 14.1. The van der Waals surface area contributed by atoms with Crippen LogP contribution in [-0.4, -0.2) is 46.1 Å². The number of piperazine rings is 1. The van der Waals surface area contributed by atoms with E-state index in [1.165, 1.54) is 18.5 Å². The summed E-state index contributed by atoms with van der Waals surface area (Å²) < 4.78 is 13.1. The monoisotopic (exact) mass is 395 g/mol. The zero-order valence-electron chi connectivity index (χ0n) is 15.4. The number of pyridine rings is 1. The fourth-order valence-electron chi connectivity index (χ4n) is 3.25. The molecule has 9 nitrogen and oxygen atoms in total. The highest BCUT2D eigenvalue weighted by Crippen LogP contribution is 2.34. The van der Waals surface area contributed by atoms with E-state index in [1.807, 2.05) is 4.90 Å². The molecule has 0 aliphatic carbocycles. The minimum absolute atomic E-state index is 0.0969. The van der Waals surface area contributed by atoms with E-state index in [1.54, 1.807) is 36.5 Å². The van der Waals surface area contributed by atoms with E-state index in [0.717, 1.165) is 5.69 Å². The van der Waals surface area contributed by atoms with E-state index in [-0.39, 0.29) is 23.1 Å². The summed E-state index contributed by atoms with van der Waals surface area (Å²) in [5.74, 6) is 0.542. The lowest BCUT2D eigenvalue weighted by molar-refractivity contribution is -0.383. The number of anilines is 4. The third-order valence-electron chi connectivity index (χ3n) is 4.67. The van der Waals surface area contributed by atoms with Crippen molar-refractivity contribution in [1.82, 2.24) is 15.0 Å². The topological polar surface area (TPSA) is 100 Å². The van der Waals surface area contributed by atoms with Crippen LogP contribution in [0, 0.1) is 15.9 Å². The SMILES string of the molecule is O=[N+]([O-])c1c(Nc2ccccn2)ncnc1N1CCN(c2ccc(F)cc2)CC1. The predicted octanol–water partition coefficient (Wildman–Crippen LogP) is 2.99. The Hall–Kier alpha value is -3.82. The molecule has 3 aromatic rings. The predicted molar refractivity (Wildman–Crippen MR) is 107 cm³/mol. The smallest absolute Gasteiger partial charge is 0.353 e. The van der Waals surface area contributed by atoms with Gasteiger partial charge in [0.2, 0.25) is 11.6 Å². The van der Waals surface area contributed by atoms with Crippen molar-refractivity contribution in [3.63, 3.8) is 0 Å². The van der Waals surface area contributed by atoms with Gasteiger partial charge in [-0.25, -0.2) is 19.3 Å². The third kappa shape index (κ3) is 4.05. The molecule has 0 unspecified atom stereocenters. The zero-order valence-corrected chi connectivity index (χ0v) is 15.4. The summed E-state index contributed by atoms with van der Waals surface area (Å²) in [6.07, 6.45) is 2.89. The molecule has 10 heteroatoms. The van der Waals surface area contributed by atoms with E-state index < -0.39 is 4.92 Å². The van der Waals surface area contributed by atoms with Gasteiger partial charge < -0.3 is 15.1 Å². The molecule has 0 spiro atoms. The molecule has 1 aromatic carbocycles. The summed E-state index contributed by atoms with van der Waals surface area (Å²) in [7, 11) is 0. The van der Waals surface area contributed by atoms with Crippen LogP contribution in [-0.2, 0) is 0 Å². The van der Waals surface area contributed by atoms with Crippen LogP contribution in [0.1, 0.15) is 0 Å². The van der Waals surface area contributed by atoms with Gasteiger partial charge in [-0.05, 0) is 36.4 Å². The van der Waals surface area contributed by atoms with Crippen LogP contribution in [0.3, 0.4) is 0 Å². The first-order valence-corrected chi connectivity index (χ1v) is 9.05. The van der Waals surface area contributed by atoms with E-state index in [0.29, 0.717) is 32.0 Å². The van der Waals surface area contributed by atoms with Crippen molar-refractivity contribution >= 4 is 28.8 Å². The van der Waals surface area contributed by atoms with Crippen LogP contribution in [0.2, 0.25) is 0 Å². The Balaban J connectivity index is 1.55. The minimum atomic E-state index is -0.479. The molecule has 2 aromatic heterocycles. The van der Waals surface area contributed by atoms with Crippen molar-refractivity contribution in [3.05, 3.63) is 70.9 Å². The molecular weight excluding hydrogens is 377 g/mol. The second-order valence-electron chi connectivity index (χ2n) is 6.44. The third-order valence-corrected chi connectivity index (χ3v) is 4.67. The summed E-state index contributed by atoms with van der Waals surface area (Å²) >= 11 is 0. The summed E-state index contributed by atoms with van der Waals surface area (Å²) in [5, 5.41) is 14.7. The Morgan fingerprint density at radius 3 is 2.34 bits per heavy atom. The Labute approximate surface area is 166 Å². The number of halogens is 1. The lowest BCUT2D eigenvalue weighted by Crippen LogP contribution is -2.47. The molecular formula is C19H18FN7O2. The van der Waals surface area contributed by atoms with E-state index in [2.05, 4.69) is 25.2 Å². The molecule has 1 aliphatic rings. The Morgan fingerprint density at radius 1 is 0.966 bits per heavy atom.